The average Bonchev–Trinajstić information content (AvgIpc) is 2.56. The standard InChI is InChI=1S/C17H26Cl2N4O3S/c1-21-6-8-22(9-7-21)5-3-4-20-17(24)13-23(27(2,25)26)16-11-14(18)10-15(19)12-16/h10-12H,3-9,13H2,1-2H3,(H,20,24). The SMILES string of the molecule is CN1CCN(CCCNC(=O)CN(c2cc(Cl)cc(Cl)c2)S(C)(=O)=O)CC1. The van der Waals surface area contributed by atoms with E-state index in [1.54, 1.807) is 0 Å². The Morgan fingerprint density at radius 2 is 1.74 bits per heavy atom. The van der Waals surface area contributed by atoms with E-state index in [1.807, 2.05) is 0 Å². The Morgan fingerprint density at radius 1 is 1.15 bits per heavy atom. The maximum absolute atomic E-state index is 12.2. The van der Waals surface area contributed by atoms with Crippen LogP contribution in [-0.4, -0.2) is 83.2 Å². The molecule has 0 saturated carbocycles. The minimum Gasteiger partial charge on any atom is -0.354 e. The third-order valence-corrected chi connectivity index (χ3v) is 5.97. The van der Waals surface area contributed by atoms with Gasteiger partial charge in [-0.05, 0) is 38.2 Å². The molecule has 0 bridgehead atoms. The second-order valence-electron chi connectivity index (χ2n) is 6.75. The van der Waals surface area contributed by atoms with Crippen LogP contribution in [0.4, 0.5) is 5.69 Å². The van der Waals surface area contributed by atoms with Crippen molar-refractivity contribution < 1.29 is 13.2 Å². The van der Waals surface area contributed by atoms with Gasteiger partial charge in [0.2, 0.25) is 15.9 Å². The molecule has 1 aromatic rings. The molecule has 0 aromatic heterocycles. The molecule has 2 rings (SSSR count). The fourth-order valence-electron chi connectivity index (χ4n) is 2.87. The van der Waals surface area contributed by atoms with E-state index in [0.29, 0.717) is 16.6 Å². The van der Waals surface area contributed by atoms with Crippen LogP contribution in [0.3, 0.4) is 0 Å². The minimum atomic E-state index is -3.66. The van der Waals surface area contributed by atoms with Crippen molar-refractivity contribution >= 4 is 44.8 Å². The van der Waals surface area contributed by atoms with Gasteiger partial charge in [-0.1, -0.05) is 23.2 Å². The van der Waals surface area contributed by atoms with Crippen LogP contribution in [0.5, 0.6) is 0 Å². The predicted octanol–water partition coefficient (Wildman–Crippen LogP) is 1.51. The van der Waals surface area contributed by atoms with E-state index in [-0.39, 0.29) is 18.1 Å². The van der Waals surface area contributed by atoms with Crippen molar-refractivity contribution in [3.63, 3.8) is 0 Å². The zero-order valence-electron chi connectivity index (χ0n) is 15.6. The fourth-order valence-corrected chi connectivity index (χ4v) is 4.23. The molecule has 1 saturated heterocycles. The number of amides is 1. The van der Waals surface area contributed by atoms with Crippen LogP contribution in [-0.2, 0) is 14.8 Å². The molecule has 152 valence electrons. The van der Waals surface area contributed by atoms with Crippen molar-refractivity contribution in [1.29, 1.82) is 0 Å². The third kappa shape index (κ3) is 7.46. The first-order valence-corrected chi connectivity index (χ1v) is 11.4. The smallest absolute Gasteiger partial charge is 0.240 e. The van der Waals surface area contributed by atoms with Crippen molar-refractivity contribution in [2.45, 2.75) is 6.42 Å². The number of nitrogens with one attached hydrogen (secondary N) is 1. The molecule has 1 amide bonds. The number of carbonyl (C=O) groups excluding carboxylic acids is 1. The van der Waals surface area contributed by atoms with Crippen LogP contribution < -0.4 is 9.62 Å². The lowest BCUT2D eigenvalue weighted by Gasteiger charge is -2.32. The van der Waals surface area contributed by atoms with Gasteiger partial charge in [0.15, 0.2) is 0 Å². The Bertz CT molecular complexity index is 732. The molecule has 1 aliphatic rings. The zero-order valence-corrected chi connectivity index (χ0v) is 17.9. The number of piperazine rings is 1. The largest absolute Gasteiger partial charge is 0.354 e. The molecule has 7 nitrogen and oxygen atoms in total. The van der Waals surface area contributed by atoms with Crippen LogP contribution in [0.2, 0.25) is 10.0 Å². The van der Waals surface area contributed by atoms with Gasteiger partial charge in [-0.15, -0.1) is 0 Å². The van der Waals surface area contributed by atoms with E-state index in [9.17, 15) is 13.2 Å². The van der Waals surface area contributed by atoms with E-state index in [2.05, 4.69) is 22.2 Å². The molecule has 27 heavy (non-hydrogen) atoms. The van der Waals surface area contributed by atoms with Gasteiger partial charge in [0, 0.05) is 42.8 Å². The maximum atomic E-state index is 12.2. The third-order valence-electron chi connectivity index (χ3n) is 4.39. The molecular formula is C17H26Cl2N4O3S. The summed E-state index contributed by atoms with van der Waals surface area (Å²) in [5.41, 5.74) is 0.266. The summed E-state index contributed by atoms with van der Waals surface area (Å²) in [5.74, 6) is -0.366. The van der Waals surface area contributed by atoms with E-state index < -0.39 is 10.0 Å². The molecule has 1 heterocycles. The minimum absolute atomic E-state index is 0.266. The second kappa shape index (κ2) is 9.93. The number of rotatable bonds is 8. The predicted molar refractivity (Wildman–Crippen MR) is 110 cm³/mol. The van der Waals surface area contributed by atoms with Crippen molar-refractivity contribution in [3.05, 3.63) is 28.2 Å². The lowest BCUT2D eigenvalue weighted by molar-refractivity contribution is -0.119. The molecule has 1 aromatic carbocycles. The van der Waals surface area contributed by atoms with Crippen molar-refractivity contribution in [2.75, 3.05) is 63.4 Å². The summed E-state index contributed by atoms with van der Waals surface area (Å²) >= 11 is 11.9. The first kappa shape index (κ1) is 22.2. The van der Waals surface area contributed by atoms with Crippen LogP contribution in [0.15, 0.2) is 18.2 Å². The van der Waals surface area contributed by atoms with E-state index >= 15 is 0 Å². The van der Waals surface area contributed by atoms with Crippen LogP contribution >= 0.6 is 23.2 Å². The van der Waals surface area contributed by atoms with Crippen LogP contribution in [0.25, 0.3) is 0 Å². The molecule has 0 unspecified atom stereocenters. The number of benzene rings is 1. The molecular weight excluding hydrogens is 411 g/mol. The Kier molecular flexibility index (Phi) is 8.18. The number of sulfonamides is 1. The Morgan fingerprint density at radius 3 is 2.30 bits per heavy atom. The maximum Gasteiger partial charge on any atom is 0.240 e. The highest BCUT2D eigenvalue weighted by Crippen LogP contribution is 2.26. The molecule has 10 heteroatoms. The molecule has 0 radical (unpaired) electrons. The van der Waals surface area contributed by atoms with Gasteiger partial charge in [-0.25, -0.2) is 8.42 Å². The quantitative estimate of drug-likeness (QED) is 0.625. The summed E-state index contributed by atoms with van der Waals surface area (Å²) < 4.78 is 25.2. The van der Waals surface area contributed by atoms with E-state index in [4.69, 9.17) is 23.2 Å². The van der Waals surface area contributed by atoms with Gasteiger partial charge in [-0.2, -0.15) is 0 Å². The fraction of sp³-hybridized carbons (Fsp3) is 0.588. The van der Waals surface area contributed by atoms with Gasteiger partial charge in [0.05, 0.1) is 11.9 Å². The Balaban J connectivity index is 1.85. The van der Waals surface area contributed by atoms with Gasteiger partial charge < -0.3 is 15.1 Å². The van der Waals surface area contributed by atoms with Crippen LogP contribution in [0, 0.1) is 0 Å². The molecule has 0 spiro atoms. The summed E-state index contributed by atoms with van der Waals surface area (Å²) in [6.07, 6.45) is 1.86. The number of hydrogen-bond acceptors (Lipinski definition) is 5. The Hall–Kier alpha value is -1.06. The average molecular weight is 437 g/mol. The van der Waals surface area contributed by atoms with Gasteiger partial charge >= 0.3 is 0 Å². The lowest BCUT2D eigenvalue weighted by Crippen LogP contribution is -2.45. The van der Waals surface area contributed by atoms with Crippen molar-refractivity contribution in [3.8, 4) is 0 Å². The number of nitrogens with zero attached hydrogens (tertiary/aromatic N) is 3. The zero-order chi connectivity index (χ0) is 20.0. The number of halogens is 2. The first-order chi connectivity index (χ1) is 12.6. The topological polar surface area (TPSA) is 73.0 Å². The van der Waals surface area contributed by atoms with Gasteiger partial charge in [0.25, 0.3) is 0 Å². The van der Waals surface area contributed by atoms with Gasteiger partial charge in [-0.3, -0.25) is 9.10 Å². The molecule has 1 fully saturated rings. The summed E-state index contributed by atoms with van der Waals surface area (Å²) in [6.45, 7) is 5.26. The second-order valence-corrected chi connectivity index (χ2v) is 9.53. The molecule has 0 aliphatic carbocycles. The van der Waals surface area contributed by atoms with E-state index in [0.717, 1.165) is 49.7 Å². The molecule has 1 N–H and O–H groups in total. The molecule has 0 atom stereocenters. The number of carbonyl (C=O) groups is 1. The van der Waals surface area contributed by atoms with Crippen molar-refractivity contribution in [1.82, 2.24) is 15.1 Å². The first-order valence-electron chi connectivity index (χ1n) is 8.76. The highest BCUT2D eigenvalue weighted by molar-refractivity contribution is 7.92. The van der Waals surface area contributed by atoms with E-state index in [1.165, 1.54) is 18.2 Å². The van der Waals surface area contributed by atoms with Crippen molar-refractivity contribution in [2.24, 2.45) is 0 Å². The lowest BCUT2D eigenvalue weighted by atomic mass is 10.3. The summed E-state index contributed by atoms with van der Waals surface area (Å²) in [7, 11) is -1.55. The monoisotopic (exact) mass is 436 g/mol. The van der Waals surface area contributed by atoms with Gasteiger partial charge in [0.1, 0.15) is 6.54 Å². The number of anilines is 1. The number of likely N-dealkylation sites (N-methyl/N-ethyl adjacent to an activating group) is 1. The highest BCUT2D eigenvalue weighted by atomic mass is 35.5. The summed E-state index contributed by atoms with van der Waals surface area (Å²) in [6, 6.07) is 4.44. The number of hydrogen-bond donors (Lipinski definition) is 1. The Labute approximate surface area is 171 Å². The molecule has 1 aliphatic heterocycles. The highest BCUT2D eigenvalue weighted by Gasteiger charge is 2.21. The summed E-state index contributed by atoms with van der Waals surface area (Å²) in [4.78, 5) is 16.9. The van der Waals surface area contributed by atoms with Crippen LogP contribution in [0.1, 0.15) is 6.42 Å². The summed E-state index contributed by atoms with van der Waals surface area (Å²) in [5, 5.41) is 3.39. The normalized spacial score (nSPS) is 16.3.